The van der Waals surface area contributed by atoms with Gasteiger partial charge in [-0.25, -0.2) is 9.78 Å². The molecule has 0 aliphatic carbocycles. The SMILES string of the molecule is Cc1cc2ccn(CC(C)C)c2nc1C(=O)O. The van der Waals surface area contributed by atoms with E-state index in [1.807, 2.05) is 22.9 Å². The molecule has 0 aliphatic heterocycles. The molecule has 2 rings (SSSR count). The van der Waals surface area contributed by atoms with Gasteiger partial charge in [0.1, 0.15) is 5.65 Å². The summed E-state index contributed by atoms with van der Waals surface area (Å²) < 4.78 is 2.01. The lowest BCUT2D eigenvalue weighted by Gasteiger charge is -2.08. The summed E-state index contributed by atoms with van der Waals surface area (Å²) in [6.45, 7) is 6.87. The van der Waals surface area contributed by atoms with Crippen LogP contribution in [0.25, 0.3) is 11.0 Å². The molecule has 4 heteroatoms. The number of rotatable bonds is 3. The van der Waals surface area contributed by atoms with Gasteiger partial charge in [0.2, 0.25) is 0 Å². The predicted molar refractivity (Wildman–Crippen MR) is 66.3 cm³/mol. The molecule has 2 heterocycles. The molecule has 0 fully saturated rings. The van der Waals surface area contributed by atoms with E-state index in [4.69, 9.17) is 5.11 Å². The summed E-state index contributed by atoms with van der Waals surface area (Å²) in [5.74, 6) is -0.469. The number of carboxylic acid groups (broad SMARTS) is 1. The Balaban J connectivity index is 2.59. The summed E-state index contributed by atoms with van der Waals surface area (Å²) in [4.78, 5) is 15.3. The van der Waals surface area contributed by atoms with E-state index in [-0.39, 0.29) is 5.69 Å². The van der Waals surface area contributed by atoms with Crippen molar-refractivity contribution in [1.29, 1.82) is 0 Å². The largest absolute Gasteiger partial charge is 0.477 e. The topological polar surface area (TPSA) is 55.1 Å². The van der Waals surface area contributed by atoms with Crippen LogP contribution in [0, 0.1) is 12.8 Å². The third-order valence-corrected chi connectivity index (χ3v) is 2.69. The number of pyridine rings is 1. The lowest BCUT2D eigenvalue weighted by molar-refractivity contribution is 0.0690. The maximum Gasteiger partial charge on any atom is 0.354 e. The molecule has 2 aromatic heterocycles. The molecule has 90 valence electrons. The highest BCUT2D eigenvalue weighted by atomic mass is 16.4. The zero-order valence-corrected chi connectivity index (χ0v) is 10.3. The van der Waals surface area contributed by atoms with Crippen molar-refractivity contribution >= 4 is 17.0 Å². The van der Waals surface area contributed by atoms with Crippen molar-refractivity contribution in [2.75, 3.05) is 0 Å². The second-order valence-electron chi connectivity index (χ2n) is 4.73. The number of carbonyl (C=O) groups is 1. The number of nitrogens with zero attached hydrogens (tertiary/aromatic N) is 2. The number of aromatic nitrogens is 2. The third kappa shape index (κ3) is 2.16. The number of aromatic carboxylic acids is 1. The van der Waals surface area contributed by atoms with Gasteiger partial charge in [0, 0.05) is 18.1 Å². The van der Waals surface area contributed by atoms with Crippen LogP contribution >= 0.6 is 0 Å². The van der Waals surface area contributed by atoms with Gasteiger partial charge in [0.05, 0.1) is 0 Å². The molecule has 0 aliphatic rings. The van der Waals surface area contributed by atoms with Gasteiger partial charge in [-0.15, -0.1) is 0 Å². The molecule has 0 spiro atoms. The second kappa shape index (κ2) is 4.20. The Morgan fingerprint density at radius 2 is 2.24 bits per heavy atom. The molecule has 0 aromatic carbocycles. The van der Waals surface area contributed by atoms with Gasteiger partial charge in [0.25, 0.3) is 0 Å². The van der Waals surface area contributed by atoms with Crippen LogP contribution in [0.1, 0.15) is 29.9 Å². The molecule has 0 unspecified atom stereocenters. The van der Waals surface area contributed by atoms with E-state index in [2.05, 4.69) is 18.8 Å². The minimum absolute atomic E-state index is 0.140. The first-order valence-electron chi connectivity index (χ1n) is 5.69. The van der Waals surface area contributed by atoms with Crippen LogP contribution in [-0.2, 0) is 6.54 Å². The average molecular weight is 232 g/mol. The maximum absolute atomic E-state index is 11.0. The van der Waals surface area contributed by atoms with Gasteiger partial charge in [0.15, 0.2) is 5.69 Å². The first kappa shape index (κ1) is 11.6. The fourth-order valence-corrected chi connectivity index (χ4v) is 1.98. The summed E-state index contributed by atoms with van der Waals surface area (Å²) in [5, 5.41) is 10.1. The highest BCUT2D eigenvalue weighted by Crippen LogP contribution is 2.18. The van der Waals surface area contributed by atoms with Gasteiger partial charge < -0.3 is 9.67 Å². The number of carboxylic acids is 1. The fraction of sp³-hybridized carbons (Fsp3) is 0.385. The van der Waals surface area contributed by atoms with Crippen LogP contribution in [0.2, 0.25) is 0 Å². The standard InChI is InChI=1S/C13H16N2O2/c1-8(2)7-15-5-4-10-6-9(3)11(13(16)17)14-12(10)15/h4-6,8H,7H2,1-3H3,(H,16,17). The molecule has 0 radical (unpaired) electrons. The zero-order valence-electron chi connectivity index (χ0n) is 10.3. The van der Waals surface area contributed by atoms with Crippen molar-refractivity contribution < 1.29 is 9.90 Å². The van der Waals surface area contributed by atoms with Crippen molar-refractivity contribution in [3.8, 4) is 0 Å². The molecule has 1 N–H and O–H groups in total. The minimum atomic E-state index is -0.971. The van der Waals surface area contributed by atoms with Crippen molar-refractivity contribution in [3.05, 3.63) is 29.6 Å². The van der Waals surface area contributed by atoms with E-state index >= 15 is 0 Å². The quantitative estimate of drug-likeness (QED) is 0.885. The lowest BCUT2D eigenvalue weighted by Crippen LogP contribution is -2.07. The van der Waals surface area contributed by atoms with Gasteiger partial charge in [-0.3, -0.25) is 0 Å². The molecule has 2 aromatic rings. The van der Waals surface area contributed by atoms with Crippen LogP contribution in [0.4, 0.5) is 0 Å². The van der Waals surface area contributed by atoms with E-state index in [0.717, 1.165) is 17.6 Å². The van der Waals surface area contributed by atoms with E-state index < -0.39 is 5.97 Å². The molecule has 0 bridgehead atoms. The van der Waals surface area contributed by atoms with E-state index in [0.29, 0.717) is 11.5 Å². The average Bonchev–Trinajstić information content (AvgIpc) is 2.58. The highest BCUT2D eigenvalue weighted by molar-refractivity contribution is 5.91. The molecular formula is C13H16N2O2. The first-order chi connectivity index (χ1) is 7.99. The van der Waals surface area contributed by atoms with Crippen LogP contribution in [0.15, 0.2) is 18.3 Å². The molecule has 0 amide bonds. The number of hydrogen-bond donors (Lipinski definition) is 1. The Kier molecular flexibility index (Phi) is 2.88. The van der Waals surface area contributed by atoms with Crippen LogP contribution in [-0.4, -0.2) is 20.6 Å². The Morgan fingerprint density at radius 1 is 1.53 bits per heavy atom. The number of aryl methyl sites for hydroxylation is 1. The minimum Gasteiger partial charge on any atom is -0.477 e. The van der Waals surface area contributed by atoms with Gasteiger partial charge in [-0.2, -0.15) is 0 Å². The number of fused-ring (bicyclic) bond motifs is 1. The first-order valence-corrected chi connectivity index (χ1v) is 5.69. The maximum atomic E-state index is 11.0. The van der Waals surface area contributed by atoms with Crippen molar-refractivity contribution in [1.82, 2.24) is 9.55 Å². The third-order valence-electron chi connectivity index (χ3n) is 2.69. The zero-order chi connectivity index (χ0) is 12.6. The Bertz CT molecular complexity index is 570. The second-order valence-corrected chi connectivity index (χ2v) is 4.73. The fourth-order valence-electron chi connectivity index (χ4n) is 1.98. The Morgan fingerprint density at radius 3 is 2.82 bits per heavy atom. The normalized spacial score (nSPS) is 11.3. The highest BCUT2D eigenvalue weighted by Gasteiger charge is 2.13. The smallest absolute Gasteiger partial charge is 0.354 e. The number of hydrogen-bond acceptors (Lipinski definition) is 2. The molecule has 4 nitrogen and oxygen atoms in total. The molecule has 17 heavy (non-hydrogen) atoms. The van der Waals surface area contributed by atoms with E-state index in [9.17, 15) is 4.79 Å². The molecule has 0 saturated heterocycles. The molecular weight excluding hydrogens is 216 g/mol. The Labute approximate surface area is 99.9 Å². The van der Waals surface area contributed by atoms with E-state index in [1.165, 1.54) is 0 Å². The van der Waals surface area contributed by atoms with Crippen molar-refractivity contribution in [2.45, 2.75) is 27.3 Å². The van der Waals surface area contributed by atoms with Crippen LogP contribution in [0.5, 0.6) is 0 Å². The molecule has 0 atom stereocenters. The Hall–Kier alpha value is -1.84. The van der Waals surface area contributed by atoms with Gasteiger partial charge in [-0.05, 0) is 30.5 Å². The van der Waals surface area contributed by atoms with Crippen LogP contribution in [0.3, 0.4) is 0 Å². The summed E-state index contributed by atoms with van der Waals surface area (Å²) in [6, 6.07) is 3.85. The van der Waals surface area contributed by atoms with Gasteiger partial charge >= 0.3 is 5.97 Å². The summed E-state index contributed by atoms with van der Waals surface area (Å²) in [6.07, 6.45) is 1.96. The monoisotopic (exact) mass is 232 g/mol. The summed E-state index contributed by atoms with van der Waals surface area (Å²) in [7, 11) is 0. The lowest BCUT2D eigenvalue weighted by atomic mass is 10.2. The van der Waals surface area contributed by atoms with Gasteiger partial charge in [-0.1, -0.05) is 13.8 Å². The van der Waals surface area contributed by atoms with Crippen LogP contribution < -0.4 is 0 Å². The van der Waals surface area contributed by atoms with E-state index in [1.54, 1.807) is 6.92 Å². The predicted octanol–water partition coefficient (Wildman–Crippen LogP) is 2.70. The molecule has 0 saturated carbocycles. The van der Waals surface area contributed by atoms with Crippen molar-refractivity contribution in [3.63, 3.8) is 0 Å². The summed E-state index contributed by atoms with van der Waals surface area (Å²) >= 11 is 0. The van der Waals surface area contributed by atoms with Crippen molar-refractivity contribution in [2.24, 2.45) is 5.92 Å². The summed E-state index contributed by atoms with van der Waals surface area (Å²) in [5.41, 5.74) is 1.59.